The van der Waals surface area contributed by atoms with Crippen molar-refractivity contribution in [3.05, 3.63) is 98.6 Å². The number of likely N-dealkylation sites (tertiary alicyclic amines) is 1. The minimum atomic E-state index is -1.38. The van der Waals surface area contributed by atoms with Crippen LogP contribution in [0.15, 0.2) is 66.7 Å². The highest BCUT2D eigenvalue weighted by Gasteiger charge is 2.75. The van der Waals surface area contributed by atoms with Crippen molar-refractivity contribution in [3.63, 3.8) is 0 Å². The van der Waals surface area contributed by atoms with Gasteiger partial charge in [-0.25, -0.2) is 0 Å². The number of amides is 1. The van der Waals surface area contributed by atoms with Gasteiger partial charge in [-0.15, -0.1) is 0 Å². The first-order valence-corrected chi connectivity index (χ1v) is 11.5. The number of hydrogen-bond donors (Lipinski definition) is 1. The van der Waals surface area contributed by atoms with Crippen LogP contribution in [-0.2, 0) is 10.3 Å². The lowest BCUT2D eigenvalue weighted by Gasteiger charge is -2.47. The molecular weight excluding hydrogens is 470 g/mol. The number of carbonyl (C=O) groups excluding carboxylic acids is 2. The number of ketones is 1. The molecule has 3 aliphatic rings. The largest absolute Gasteiger partial charge is 0.492 e. The maximum Gasteiger partial charge on any atom is 0.288 e. The summed E-state index contributed by atoms with van der Waals surface area (Å²) >= 11 is 6.10. The Labute approximate surface area is 205 Å². The number of likely N-dealkylation sites (N-methyl/N-ethyl adjacent to an activating group) is 1. The van der Waals surface area contributed by atoms with Gasteiger partial charge in [-0.05, 0) is 36.9 Å². The van der Waals surface area contributed by atoms with E-state index in [9.17, 15) is 19.7 Å². The predicted molar refractivity (Wildman–Crippen MR) is 129 cm³/mol. The number of fused-ring (bicyclic) bond motifs is 4. The topological polar surface area (TPSA) is 102 Å². The first kappa shape index (κ1) is 21.8. The summed E-state index contributed by atoms with van der Waals surface area (Å²) in [6.45, 7) is 0.244. The second-order valence-electron chi connectivity index (χ2n) is 9.20. The fraction of sp³-hybridized carbons (Fsp3) is 0.231. The van der Waals surface area contributed by atoms with E-state index in [1.807, 2.05) is 36.2 Å². The molecule has 3 atom stereocenters. The molecule has 0 bridgehead atoms. The van der Waals surface area contributed by atoms with E-state index in [1.54, 1.807) is 30.3 Å². The minimum absolute atomic E-state index is 0.00869. The van der Waals surface area contributed by atoms with Gasteiger partial charge in [0.05, 0.1) is 10.5 Å². The number of hydrogen-bond acceptors (Lipinski definition) is 6. The van der Waals surface area contributed by atoms with Crippen LogP contribution in [-0.4, -0.2) is 41.7 Å². The van der Waals surface area contributed by atoms with E-state index in [4.69, 9.17) is 16.3 Å². The Morgan fingerprint density at radius 2 is 1.86 bits per heavy atom. The molecule has 0 aromatic heterocycles. The van der Waals surface area contributed by atoms with Crippen molar-refractivity contribution in [1.29, 1.82) is 0 Å². The monoisotopic (exact) mass is 489 g/mol. The number of rotatable bonds is 2. The number of nitro groups is 1. The molecule has 0 unspecified atom stereocenters. The quantitative estimate of drug-likeness (QED) is 0.423. The summed E-state index contributed by atoms with van der Waals surface area (Å²) in [5, 5.41) is 14.6. The maximum atomic E-state index is 14.5. The van der Waals surface area contributed by atoms with Crippen LogP contribution in [0.3, 0.4) is 0 Å². The average molecular weight is 490 g/mol. The van der Waals surface area contributed by atoms with Crippen LogP contribution < -0.4 is 10.1 Å². The Morgan fingerprint density at radius 3 is 2.66 bits per heavy atom. The van der Waals surface area contributed by atoms with E-state index in [0.29, 0.717) is 34.7 Å². The van der Waals surface area contributed by atoms with Crippen molar-refractivity contribution in [2.75, 3.05) is 25.5 Å². The molecule has 9 heteroatoms. The van der Waals surface area contributed by atoms with Crippen molar-refractivity contribution in [3.8, 4) is 5.75 Å². The molecule has 6 rings (SSSR count). The molecule has 1 amide bonds. The van der Waals surface area contributed by atoms with E-state index < -0.39 is 21.8 Å². The smallest absolute Gasteiger partial charge is 0.288 e. The molecule has 0 aliphatic carbocycles. The number of nitro benzene ring substituents is 1. The molecule has 3 aliphatic heterocycles. The van der Waals surface area contributed by atoms with Crippen LogP contribution in [0.5, 0.6) is 5.75 Å². The van der Waals surface area contributed by atoms with Crippen LogP contribution in [0, 0.1) is 15.5 Å². The number of ether oxygens (including phenoxy) is 1. The number of anilines is 1. The standard InChI is InChI=1S/C26H20ClN3O5/c1-29-13-18(15-10-11-19(27)21(12-15)30(33)34)25(14-35-22-9-5-2-6-16(22)23(25)31)26(29)17-7-3-4-8-20(17)28-24(26)32/h2-12,18H,13-14H2,1H3,(H,28,32)/t18-,25-,26-/m0/s1. The highest BCUT2D eigenvalue weighted by Crippen LogP contribution is 2.64. The molecule has 3 aromatic rings. The van der Waals surface area contributed by atoms with Gasteiger partial charge in [-0.3, -0.25) is 24.6 Å². The second kappa shape index (κ2) is 7.37. The maximum absolute atomic E-state index is 14.5. The van der Waals surface area contributed by atoms with Crippen LogP contribution in [0.1, 0.15) is 27.4 Å². The average Bonchev–Trinajstić information content (AvgIpc) is 3.30. The highest BCUT2D eigenvalue weighted by atomic mass is 35.5. The molecule has 8 nitrogen and oxygen atoms in total. The van der Waals surface area contributed by atoms with Crippen LogP contribution >= 0.6 is 11.6 Å². The zero-order valence-corrected chi connectivity index (χ0v) is 19.4. The van der Waals surface area contributed by atoms with E-state index in [-0.39, 0.29) is 29.0 Å². The van der Waals surface area contributed by atoms with Crippen LogP contribution in [0.4, 0.5) is 11.4 Å². The number of nitrogens with zero attached hydrogens (tertiary/aromatic N) is 2. The normalized spacial score (nSPS) is 27.0. The van der Waals surface area contributed by atoms with Crippen molar-refractivity contribution in [1.82, 2.24) is 4.90 Å². The van der Waals surface area contributed by atoms with Gasteiger partial charge in [0, 0.05) is 29.8 Å². The van der Waals surface area contributed by atoms with Crippen LogP contribution in [0.25, 0.3) is 0 Å². The third kappa shape index (κ3) is 2.61. The Kier molecular flexibility index (Phi) is 4.58. The molecule has 1 N–H and O–H groups in total. The number of nitrogens with one attached hydrogen (secondary N) is 1. The molecule has 0 saturated carbocycles. The number of halogens is 1. The molecular formula is C26H20ClN3O5. The van der Waals surface area contributed by atoms with Crippen molar-refractivity contribution in [2.24, 2.45) is 5.41 Å². The van der Waals surface area contributed by atoms with Crippen molar-refractivity contribution < 1.29 is 19.2 Å². The Balaban J connectivity index is 1.66. The summed E-state index contributed by atoms with van der Waals surface area (Å²) in [5.74, 6) is -0.664. The lowest BCUT2D eigenvalue weighted by molar-refractivity contribution is -0.384. The fourth-order valence-electron chi connectivity index (χ4n) is 6.31. The fourth-order valence-corrected chi connectivity index (χ4v) is 6.49. The lowest BCUT2D eigenvalue weighted by Crippen LogP contribution is -2.62. The van der Waals surface area contributed by atoms with E-state index in [1.165, 1.54) is 12.1 Å². The van der Waals surface area contributed by atoms with Crippen molar-refractivity contribution >= 4 is 34.7 Å². The van der Waals surface area contributed by atoms with Gasteiger partial charge in [0.1, 0.15) is 28.3 Å². The van der Waals surface area contributed by atoms with Crippen molar-refractivity contribution in [2.45, 2.75) is 11.5 Å². The van der Waals surface area contributed by atoms with Gasteiger partial charge in [0.2, 0.25) is 0 Å². The van der Waals surface area contributed by atoms with Gasteiger partial charge in [0.25, 0.3) is 11.6 Å². The summed E-state index contributed by atoms with van der Waals surface area (Å²) in [6.07, 6.45) is 0. The molecule has 1 saturated heterocycles. The van der Waals surface area contributed by atoms with E-state index in [2.05, 4.69) is 5.32 Å². The number of Topliss-reactive ketones (excluding diaryl/α,β-unsaturated/α-hetero) is 1. The zero-order valence-electron chi connectivity index (χ0n) is 18.7. The Bertz CT molecular complexity index is 1440. The summed E-state index contributed by atoms with van der Waals surface area (Å²) in [4.78, 5) is 41.4. The Hall–Kier alpha value is -3.75. The molecule has 3 aromatic carbocycles. The predicted octanol–water partition coefficient (Wildman–Crippen LogP) is 4.39. The summed E-state index contributed by atoms with van der Waals surface area (Å²) < 4.78 is 6.20. The van der Waals surface area contributed by atoms with Crippen LogP contribution in [0.2, 0.25) is 5.02 Å². The molecule has 3 heterocycles. The SMILES string of the molecule is CN1C[C@@H](c2ccc(Cl)c([N+](=O)[O-])c2)[C@]2(COc3ccccc3C2=O)[C@]12C(=O)Nc1ccccc12. The number of para-hydroxylation sites is 2. The van der Waals surface area contributed by atoms with E-state index in [0.717, 1.165) is 0 Å². The first-order valence-electron chi connectivity index (χ1n) is 11.1. The molecule has 35 heavy (non-hydrogen) atoms. The molecule has 2 spiro atoms. The second-order valence-corrected chi connectivity index (χ2v) is 9.60. The third-order valence-electron chi connectivity index (χ3n) is 7.72. The molecule has 1 fully saturated rings. The first-order chi connectivity index (χ1) is 16.8. The number of benzene rings is 3. The van der Waals surface area contributed by atoms with E-state index >= 15 is 0 Å². The summed E-state index contributed by atoms with van der Waals surface area (Å²) in [6, 6.07) is 18.9. The molecule has 0 radical (unpaired) electrons. The van der Waals surface area contributed by atoms with Gasteiger partial charge in [0.15, 0.2) is 5.78 Å². The van der Waals surface area contributed by atoms with Gasteiger partial charge in [-0.2, -0.15) is 0 Å². The summed E-state index contributed by atoms with van der Waals surface area (Å²) in [7, 11) is 1.81. The number of carbonyl (C=O) groups is 2. The van der Waals surface area contributed by atoms with Gasteiger partial charge in [-0.1, -0.05) is 48.0 Å². The highest BCUT2D eigenvalue weighted by molar-refractivity contribution is 6.32. The minimum Gasteiger partial charge on any atom is -0.492 e. The lowest BCUT2D eigenvalue weighted by atomic mass is 9.57. The summed E-state index contributed by atoms with van der Waals surface area (Å²) in [5.41, 5.74) is -0.726. The Morgan fingerprint density at radius 1 is 1.11 bits per heavy atom. The molecule has 176 valence electrons. The van der Waals surface area contributed by atoms with Gasteiger partial charge < -0.3 is 10.1 Å². The third-order valence-corrected chi connectivity index (χ3v) is 8.04. The zero-order chi connectivity index (χ0) is 24.5. The van der Waals surface area contributed by atoms with Gasteiger partial charge >= 0.3 is 0 Å².